The van der Waals surface area contributed by atoms with Gasteiger partial charge in [-0.05, 0) is 37.5 Å². The lowest BCUT2D eigenvalue weighted by Crippen LogP contribution is -2.41. The Morgan fingerprint density at radius 3 is 2.38 bits per heavy atom. The van der Waals surface area contributed by atoms with Crippen molar-refractivity contribution in [2.45, 2.75) is 25.4 Å². The highest BCUT2D eigenvalue weighted by Crippen LogP contribution is 2.15. The predicted molar refractivity (Wildman–Crippen MR) is 90.8 cm³/mol. The van der Waals surface area contributed by atoms with Crippen LogP contribution in [0.2, 0.25) is 0 Å². The van der Waals surface area contributed by atoms with E-state index < -0.39 is 10.5 Å². The molecule has 2 N–H and O–H groups in total. The van der Waals surface area contributed by atoms with Crippen molar-refractivity contribution in [1.82, 2.24) is 5.32 Å². The van der Waals surface area contributed by atoms with Gasteiger partial charge in [0.15, 0.2) is 0 Å². The second-order valence-corrected chi connectivity index (χ2v) is 5.97. The maximum absolute atomic E-state index is 12.1. The molecule has 0 radical (unpaired) electrons. The van der Waals surface area contributed by atoms with Gasteiger partial charge in [-0.1, -0.05) is 30.3 Å². The minimum Gasteiger partial charge on any atom is -0.388 e. The Morgan fingerprint density at radius 1 is 1.17 bits per heavy atom. The number of carbonyl (C=O) groups is 1. The number of carbonyl (C=O) groups excluding carboxylic acids is 1. The zero-order valence-electron chi connectivity index (χ0n) is 13.4. The first kappa shape index (κ1) is 17.6. The molecule has 0 saturated heterocycles. The average Bonchev–Trinajstić information content (AvgIpc) is 2.59. The van der Waals surface area contributed by atoms with Crippen molar-refractivity contribution >= 4 is 11.6 Å². The van der Waals surface area contributed by atoms with Crippen LogP contribution in [0.25, 0.3) is 0 Å². The highest BCUT2D eigenvalue weighted by molar-refractivity contribution is 5.94. The van der Waals surface area contributed by atoms with Gasteiger partial charge < -0.3 is 10.4 Å². The summed E-state index contributed by atoms with van der Waals surface area (Å²) in [6.07, 6.45) is 1.22. The fourth-order valence-electron chi connectivity index (χ4n) is 2.25. The number of aliphatic hydroxyl groups is 1. The van der Waals surface area contributed by atoms with Crippen molar-refractivity contribution < 1.29 is 14.8 Å². The number of hydrogen-bond donors (Lipinski definition) is 2. The molecule has 6 heteroatoms. The summed E-state index contributed by atoms with van der Waals surface area (Å²) < 4.78 is 0. The summed E-state index contributed by atoms with van der Waals surface area (Å²) in [5.74, 6) is -0.370. The van der Waals surface area contributed by atoms with Gasteiger partial charge in [-0.2, -0.15) is 0 Å². The molecular formula is C18H20N2O4. The molecule has 0 spiro atoms. The third kappa shape index (κ3) is 5.17. The number of amides is 1. The Labute approximate surface area is 140 Å². The molecule has 0 aromatic heterocycles. The Balaban J connectivity index is 1.86. The number of rotatable bonds is 7. The molecule has 2 aromatic rings. The molecule has 0 aliphatic heterocycles. The summed E-state index contributed by atoms with van der Waals surface area (Å²) in [6, 6.07) is 15.2. The van der Waals surface area contributed by atoms with E-state index in [-0.39, 0.29) is 18.1 Å². The number of nitrogens with one attached hydrogen (secondary N) is 1. The Bertz CT molecular complexity index is 697. The molecule has 0 saturated carbocycles. The zero-order chi connectivity index (χ0) is 17.6. The first-order valence-corrected chi connectivity index (χ1v) is 7.66. The summed E-state index contributed by atoms with van der Waals surface area (Å²) in [5.41, 5.74) is 0.340. The molecule has 24 heavy (non-hydrogen) atoms. The number of nitro groups is 1. The Morgan fingerprint density at radius 2 is 1.79 bits per heavy atom. The number of hydrogen-bond acceptors (Lipinski definition) is 4. The summed E-state index contributed by atoms with van der Waals surface area (Å²) in [6.45, 7) is 1.78. The molecule has 126 valence electrons. The summed E-state index contributed by atoms with van der Waals surface area (Å²) in [7, 11) is 0. The van der Waals surface area contributed by atoms with Crippen LogP contribution in [0, 0.1) is 10.1 Å². The minimum absolute atomic E-state index is 0.0681. The van der Waals surface area contributed by atoms with Gasteiger partial charge in [-0.3, -0.25) is 14.9 Å². The maximum Gasteiger partial charge on any atom is 0.269 e. The first-order chi connectivity index (χ1) is 11.4. The van der Waals surface area contributed by atoms with Crippen molar-refractivity contribution in [2.75, 3.05) is 6.54 Å². The third-order valence-electron chi connectivity index (χ3n) is 3.77. The van der Waals surface area contributed by atoms with Crippen LogP contribution in [0.5, 0.6) is 0 Å². The molecule has 0 aliphatic rings. The van der Waals surface area contributed by atoms with Gasteiger partial charge in [-0.25, -0.2) is 0 Å². The Kier molecular flexibility index (Phi) is 5.65. The third-order valence-corrected chi connectivity index (χ3v) is 3.77. The van der Waals surface area contributed by atoms with Crippen molar-refractivity contribution in [2.24, 2.45) is 0 Å². The number of benzene rings is 2. The van der Waals surface area contributed by atoms with Crippen LogP contribution in [0.3, 0.4) is 0 Å². The number of nitro benzene ring substituents is 1. The molecule has 2 rings (SSSR count). The van der Waals surface area contributed by atoms with E-state index in [4.69, 9.17) is 0 Å². The average molecular weight is 328 g/mol. The first-order valence-electron chi connectivity index (χ1n) is 7.66. The van der Waals surface area contributed by atoms with Gasteiger partial charge in [0.05, 0.1) is 10.5 Å². The molecule has 1 atom stereocenters. The molecule has 0 heterocycles. The topological polar surface area (TPSA) is 92.5 Å². The fraction of sp³-hybridized carbons (Fsp3) is 0.278. The monoisotopic (exact) mass is 328 g/mol. The van der Waals surface area contributed by atoms with E-state index in [0.29, 0.717) is 18.4 Å². The molecule has 1 unspecified atom stereocenters. The molecule has 2 aromatic carbocycles. The van der Waals surface area contributed by atoms with Gasteiger partial charge in [0.25, 0.3) is 11.6 Å². The van der Waals surface area contributed by atoms with Gasteiger partial charge in [0.1, 0.15) is 0 Å². The molecular weight excluding hydrogens is 308 g/mol. The molecule has 0 fully saturated rings. The van der Waals surface area contributed by atoms with Crippen LogP contribution in [-0.4, -0.2) is 28.1 Å². The quantitative estimate of drug-likeness (QED) is 0.604. The van der Waals surface area contributed by atoms with E-state index in [1.165, 1.54) is 24.3 Å². The van der Waals surface area contributed by atoms with E-state index in [1.807, 2.05) is 30.3 Å². The van der Waals surface area contributed by atoms with Crippen molar-refractivity contribution in [3.63, 3.8) is 0 Å². The van der Waals surface area contributed by atoms with Crippen LogP contribution < -0.4 is 5.32 Å². The molecule has 0 aliphatic carbocycles. The van der Waals surface area contributed by atoms with Crippen molar-refractivity contribution in [3.05, 3.63) is 75.8 Å². The van der Waals surface area contributed by atoms with E-state index in [9.17, 15) is 20.0 Å². The molecule has 6 nitrogen and oxygen atoms in total. The SMILES string of the molecule is CC(O)(CCc1ccccc1)CNC(=O)c1ccc([N+](=O)[O-])cc1. The highest BCUT2D eigenvalue weighted by Gasteiger charge is 2.21. The van der Waals surface area contributed by atoms with E-state index in [1.54, 1.807) is 6.92 Å². The van der Waals surface area contributed by atoms with Crippen molar-refractivity contribution in [3.8, 4) is 0 Å². The van der Waals surface area contributed by atoms with Gasteiger partial charge in [0.2, 0.25) is 0 Å². The standard InChI is InChI=1S/C18H20N2O4/c1-18(22,12-11-14-5-3-2-4-6-14)13-19-17(21)15-7-9-16(10-8-15)20(23)24/h2-10,22H,11-13H2,1H3,(H,19,21). The normalized spacial score (nSPS) is 13.1. The smallest absolute Gasteiger partial charge is 0.269 e. The van der Waals surface area contributed by atoms with Crippen LogP contribution in [0.1, 0.15) is 29.3 Å². The van der Waals surface area contributed by atoms with Crippen LogP contribution in [0.15, 0.2) is 54.6 Å². The Hall–Kier alpha value is -2.73. The van der Waals surface area contributed by atoms with Crippen LogP contribution in [0.4, 0.5) is 5.69 Å². The zero-order valence-corrected chi connectivity index (χ0v) is 13.4. The summed E-state index contributed by atoms with van der Waals surface area (Å²) >= 11 is 0. The minimum atomic E-state index is -1.04. The van der Waals surface area contributed by atoms with Crippen LogP contribution >= 0.6 is 0 Å². The van der Waals surface area contributed by atoms with E-state index in [2.05, 4.69) is 5.32 Å². The lowest BCUT2D eigenvalue weighted by atomic mass is 9.96. The number of aryl methyl sites for hydroxylation is 1. The van der Waals surface area contributed by atoms with Gasteiger partial charge in [-0.15, -0.1) is 0 Å². The predicted octanol–water partition coefficient (Wildman–Crippen LogP) is 2.71. The highest BCUT2D eigenvalue weighted by atomic mass is 16.6. The molecule has 0 bridgehead atoms. The lowest BCUT2D eigenvalue weighted by molar-refractivity contribution is -0.384. The summed E-state index contributed by atoms with van der Waals surface area (Å²) in [4.78, 5) is 22.1. The summed E-state index contributed by atoms with van der Waals surface area (Å²) in [5, 5.41) is 23.6. The van der Waals surface area contributed by atoms with E-state index >= 15 is 0 Å². The van der Waals surface area contributed by atoms with E-state index in [0.717, 1.165) is 5.56 Å². The number of non-ortho nitro benzene ring substituents is 1. The van der Waals surface area contributed by atoms with Crippen LogP contribution in [-0.2, 0) is 6.42 Å². The largest absolute Gasteiger partial charge is 0.388 e. The van der Waals surface area contributed by atoms with Crippen molar-refractivity contribution in [1.29, 1.82) is 0 Å². The second-order valence-electron chi connectivity index (χ2n) is 5.97. The fourth-order valence-corrected chi connectivity index (χ4v) is 2.25. The van der Waals surface area contributed by atoms with Gasteiger partial charge in [0, 0.05) is 24.2 Å². The van der Waals surface area contributed by atoms with Gasteiger partial charge >= 0.3 is 0 Å². The second kappa shape index (κ2) is 7.70. The molecule has 1 amide bonds. The maximum atomic E-state index is 12.1. The number of nitrogens with zero attached hydrogens (tertiary/aromatic N) is 1. The lowest BCUT2D eigenvalue weighted by Gasteiger charge is -2.23.